The summed E-state index contributed by atoms with van der Waals surface area (Å²) in [6.07, 6.45) is 0. The molecule has 0 unspecified atom stereocenters. The SMILES string of the molecule is O=C(Nc1ccc(Nc2c(F)cccc2F)nn1)c1cccs1. The molecule has 3 rings (SSSR count). The van der Waals surface area contributed by atoms with E-state index >= 15 is 0 Å². The third-order valence-corrected chi connectivity index (χ3v) is 3.74. The molecule has 0 bridgehead atoms. The summed E-state index contributed by atoms with van der Waals surface area (Å²) in [6.45, 7) is 0. The lowest BCUT2D eigenvalue weighted by Gasteiger charge is -2.08. The van der Waals surface area contributed by atoms with E-state index in [2.05, 4.69) is 20.8 Å². The van der Waals surface area contributed by atoms with Crippen molar-refractivity contribution in [2.45, 2.75) is 0 Å². The number of aromatic nitrogens is 2. The highest BCUT2D eigenvalue weighted by Crippen LogP contribution is 2.22. The van der Waals surface area contributed by atoms with E-state index in [4.69, 9.17) is 0 Å². The first-order valence-corrected chi connectivity index (χ1v) is 7.41. The molecule has 1 amide bonds. The molecular weight excluding hydrogens is 322 g/mol. The van der Waals surface area contributed by atoms with Crippen LogP contribution in [0.3, 0.4) is 0 Å². The highest BCUT2D eigenvalue weighted by Gasteiger charge is 2.11. The lowest BCUT2D eigenvalue weighted by Crippen LogP contribution is -2.12. The molecule has 2 N–H and O–H groups in total. The molecule has 0 atom stereocenters. The van der Waals surface area contributed by atoms with Crippen molar-refractivity contribution >= 4 is 34.6 Å². The summed E-state index contributed by atoms with van der Waals surface area (Å²) in [6, 6.07) is 9.93. The first kappa shape index (κ1) is 15.0. The van der Waals surface area contributed by atoms with Crippen LogP contribution < -0.4 is 10.6 Å². The number of thiophene rings is 1. The van der Waals surface area contributed by atoms with Crippen molar-refractivity contribution in [3.63, 3.8) is 0 Å². The number of carbonyl (C=O) groups excluding carboxylic acids is 1. The van der Waals surface area contributed by atoms with E-state index in [0.29, 0.717) is 4.88 Å². The fraction of sp³-hybridized carbons (Fsp3) is 0. The Kier molecular flexibility index (Phi) is 4.24. The lowest BCUT2D eigenvalue weighted by atomic mass is 10.3. The number of rotatable bonds is 4. The van der Waals surface area contributed by atoms with Crippen LogP contribution in [0.4, 0.5) is 26.1 Å². The fourth-order valence-electron chi connectivity index (χ4n) is 1.80. The molecule has 0 aliphatic carbocycles. The second kappa shape index (κ2) is 6.49. The van der Waals surface area contributed by atoms with Crippen LogP contribution in [0.15, 0.2) is 47.8 Å². The minimum absolute atomic E-state index is 0.156. The van der Waals surface area contributed by atoms with E-state index in [1.54, 1.807) is 17.5 Å². The molecule has 0 aliphatic heterocycles. The van der Waals surface area contributed by atoms with Crippen molar-refractivity contribution in [2.24, 2.45) is 0 Å². The van der Waals surface area contributed by atoms with Gasteiger partial charge in [0.25, 0.3) is 5.91 Å². The average Bonchev–Trinajstić information content (AvgIpc) is 3.07. The van der Waals surface area contributed by atoms with Crippen LogP contribution in [0.1, 0.15) is 9.67 Å². The number of para-hydroxylation sites is 1. The Morgan fingerprint density at radius 2 is 1.65 bits per heavy atom. The predicted octanol–water partition coefficient (Wildman–Crippen LogP) is 3.81. The Balaban J connectivity index is 1.71. The molecule has 5 nitrogen and oxygen atoms in total. The molecule has 8 heteroatoms. The maximum Gasteiger partial charge on any atom is 0.266 e. The van der Waals surface area contributed by atoms with Gasteiger partial charge in [0.05, 0.1) is 4.88 Å². The summed E-state index contributed by atoms with van der Waals surface area (Å²) in [5.74, 6) is -1.37. The topological polar surface area (TPSA) is 66.9 Å². The monoisotopic (exact) mass is 332 g/mol. The van der Waals surface area contributed by atoms with Crippen LogP contribution >= 0.6 is 11.3 Å². The van der Waals surface area contributed by atoms with Crippen molar-refractivity contribution < 1.29 is 13.6 Å². The molecule has 0 aliphatic rings. The van der Waals surface area contributed by atoms with Gasteiger partial charge in [-0.2, -0.15) is 0 Å². The summed E-state index contributed by atoms with van der Waals surface area (Å²) in [7, 11) is 0. The van der Waals surface area contributed by atoms with Gasteiger partial charge in [-0.15, -0.1) is 21.5 Å². The number of hydrogen-bond donors (Lipinski definition) is 2. The van der Waals surface area contributed by atoms with Gasteiger partial charge in [-0.1, -0.05) is 12.1 Å². The van der Waals surface area contributed by atoms with Gasteiger partial charge < -0.3 is 10.6 Å². The van der Waals surface area contributed by atoms with Crippen LogP contribution in [-0.4, -0.2) is 16.1 Å². The summed E-state index contributed by atoms with van der Waals surface area (Å²) in [5.41, 5.74) is -0.308. The smallest absolute Gasteiger partial charge is 0.266 e. The number of halogens is 2. The molecule has 0 spiro atoms. The number of amides is 1. The summed E-state index contributed by atoms with van der Waals surface area (Å²) in [4.78, 5) is 12.4. The van der Waals surface area contributed by atoms with Gasteiger partial charge in [-0.3, -0.25) is 4.79 Å². The largest absolute Gasteiger partial charge is 0.334 e. The molecule has 0 saturated heterocycles. The predicted molar refractivity (Wildman–Crippen MR) is 83.9 cm³/mol. The third kappa shape index (κ3) is 3.49. The first-order chi connectivity index (χ1) is 11.1. The van der Waals surface area contributed by atoms with E-state index in [9.17, 15) is 13.6 Å². The molecular formula is C15H10F2N4OS. The molecule has 2 heterocycles. The minimum Gasteiger partial charge on any atom is -0.334 e. The number of carbonyl (C=O) groups is 1. The van der Waals surface area contributed by atoms with Crippen molar-refractivity contribution in [1.29, 1.82) is 0 Å². The summed E-state index contributed by atoms with van der Waals surface area (Å²) in [5, 5.41) is 14.5. The molecule has 116 valence electrons. The molecule has 2 aromatic heterocycles. The van der Waals surface area contributed by atoms with Crippen LogP contribution in [0.2, 0.25) is 0 Å². The number of benzene rings is 1. The Bertz CT molecular complexity index is 802. The molecule has 0 fully saturated rings. The normalized spacial score (nSPS) is 10.3. The van der Waals surface area contributed by atoms with Crippen LogP contribution in [0, 0.1) is 11.6 Å². The quantitative estimate of drug-likeness (QED) is 0.762. The second-order valence-electron chi connectivity index (χ2n) is 4.46. The zero-order chi connectivity index (χ0) is 16.2. The van der Waals surface area contributed by atoms with Crippen molar-refractivity contribution in [2.75, 3.05) is 10.6 Å². The van der Waals surface area contributed by atoms with Gasteiger partial charge >= 0.3 is 0 Å². The van der Waals surface area contributed by atoms with Gasteiger partial charge in [0, 0.05) is 0 Å². The fourth-order valence-corrected chi connectivity index (χ4v) is 2.42. The van der Waals surface area contributed by atoms with E-state index in [0.717, 1.165) is 12.1 Å². The van der Waals surface area contributed by atoms with E-state index in [1.807, 2.05) is 0 Å². The van der Waals surface area contributed by atoms with Crippen LogP contribution in [-0.2, 0) is 0 Å². The average molecular weight is 332 g/mol. The zero-order valence-electron chi connectivity index (χ0n) is 11.6. The molecule has 23 heavy (non-hydrogen) atoms. The number of nitrogens with zero attached hydrogens (tertiary/aromatic N) is 2. The maximum absolute atomic E-state index is 13.5. The highest BCUT2D eigenvalue weighted by molar-refractivity contribution is 7.12. The summed E-state index contributed by atoms with van der Waals surface area (Å²) >= 11 is 1.30. The van der Waals surface area contributed by atoms with Gasteiger partial charge in [-0.25, -0.2) is 8.78 Å². The molecule has 0 saturated carbocycles. The van der Waals surface area contributed by atoms with Crippen LogP contribution in [0.5, 0.6) is 0 Å². The second-order valence-corrected chi connectivity index (χ2v) is 5.40. The summed E-state index contributed by atoms with van der Waals surface area (Å²) < 4.78 is 27.1. The Hall–Kier alpha value is -2.87. The van der Waals surface area contributed by atoms with Gasteiger partial charge in [-0.05, 0) is 35.7 Å². The molecule has 3 aromatic rings. The van der Waals surface area contributed by atoms with Crippen LogP contribution in [0.25, 0.3) is 0 Å². The van der Waals surface area contributed by atoms with Gasteiger partial charge in [0.1, 0.15) is 17.3 Å². The zero-order valence-corrected chi connectivity index (χ0v) is 12.4. The van der Waals surface area contributed by atoms with E-state index < -0.39 is 11.6 Å². The van der Waals surface area contributed by atoms with Crippen molar-refractivity contribution in [3.8, 4) is 0 Å². The number of anilines is 3. The Morgan fingerprint density at radius 3 is 2.26 bits per heavy atom. The van der Waals surface area contributed by atoms with Crippen molar-refractivity contribution in [3.05, 3.63) is 64.4 Å². The third-order valence-electron chi connectivity index (χ3n) is 2.87. The number of hydrogen-bond acceptors (Lipinski definition) is 5. The standard InChI is InChI=1S/C15H10F2N4OS/c16-9-3-1-4-10(17)14(9)18-12-6-7-13(21-20-12)19-15(22)11-5-2-8-23-11/h1-8H,(H,18,20)(H,19,21,22). The van der Waals surface area contributed by atoms with Crippen molar-refractivity contribution in [1.82, 2.24) is 10.2 Å². The number of nitrogens with one attached hydrogen (secondary N) is 2. The lowest BCUT2D eigenvalue weighted by molar-refractivity contribution is 0.103. The highest BCUT2D eigenvalue weighted by atomic mass is 32.1. The Labute approximate surface area is 134 Å². The molecule has 0 radical (unpaired) electrons. The van der Waals surface area contributed by atoms with Gasteiger partial charge in [0.2, 0.25) is 0 Å². The Morgan fingerprint density at radius 1 is 0.957 bits per heavy atom. The minimum atomic E-state index is -0.734. The van der Waals surface area contributed by atoms with E-state index in [-0.39, 0.29) is 23.2 Å². The van der Waals surface area contributed by atoms with Gasteiger partial charge in [0.15, 0.2) is 11.6 Å². The molecule has 1 aromatic carbocycles. The first-order valence-electron chi connectivity index (χ1n) is 6.53. The maximum atomic E-state index is 13.5. The van der Waals surface area contributed by atoms with E-state index in [1.165, 1.54) is 29.5 Å².